The van der Waals surface area contributed by atoms with Crippen molar-refractivity contribution < 1.29 is 14.3 Å². The molecule has 0 aliphatic carbocycles. The summed E-state index contributed by atoms with van der Waals surface area (Å²) in [6.45, 7) is 1.54. The van der Waals surface area contributed by atoms with Crippen molar-refractivity contribution in [3.63, 3.8) is 0 Å². The van der Waals surface area contributed by atoms with E-state index in [9.17, 15) is 9.59 Å². The fraction of sp³-hybridized carbons (Fsp3) is 0.158. The number of hydrogen-bond donors (Lipinski definition) is 1. The monoisotopic (exact) mass is 373 g/mol. The Bertz CT molecular complexity index is 871. The molecule has 0 radical (unpaired) electrons. The number of amides is 1. The molecule has 1 aromatic heterocycles. The van der Waals surface area contributed by atoms with Gasteiger partial charge in [-0.25, -0.2) is 4.79 Å². The highest BCUT2D eigenvalue weighted by Gasteiger charge is 2.15. The van der Waals surface area contributed by atoms with E-state index in [-0.39, 0.29) is 18.6 Å². The molecule has 3 aromatic rings. The van der Waals surface area contributed by atoms with Crippen LogP contribution in [0, 0.1) is 0 Å². The van der Waals surface area contributed by atoms with Crippen molar-refractivity contribution in [3.8, 4) is 0 Å². The van der Waals surface area contributed by atoms with Gasteiger partial charge in [-0.1, -0.05) is 41.9 Å². The number of ether oxygens (including phenoxy) is 1. The number of benzene rings is 2. The summed E-state index contributed by atoms with van der Waals surface area (Å²) in [6, 6.07) is 16.5. The minimum atomic E-state index is -0.490. The number of halogens is 1. The second kappa shape index (κ2) is 7.68. The third-order valence-corrected chi connectivity index (χ3v) is 5.06. The van der Waals surface area contributed by atoms with Crippen molar-refractivity contribution in [2.45, 2.75) is 13.0 Å². The van der Waals surface area contributed by atoms with E-state index in [0.717, 1.165) is 15.6 Å². The van der Waals surface area contributed by atoms with Crippen LogP contribution < -0.4 is 5.32 Å². The van der Waals surface area contributed by atoms with Crippen LogP contribution in [0.15, 0.2) is 54.6 Å². The van der Waals surface area contributed by atoms with Gasteiger partial charge in [0.2, 0.25) is 0 Å². The largest absolute Gasteiger partial charge is 0.451 e. The van der Waals surface area contributed by atoms with Crippen LogP contribution in [0.3, 0.4) is 0 Å². The molecule has 6 heteroatoms. The van der Waals surface area contributed by atoms with Gasteiger partial charge in [-0.3, -0.25) is 4.79 Å². The normalized spacial score (nSPS) is 11.9. The molecule has 1 amide bonds. The number of fused-ring (bicyclic) bond motifs is 1. The van der Waals surface area contributed by atoms with Gasteiger partial charge >= 0.3 is 5.97 Å². The lowest BCUT2D eigenvalue weighted by molar-refractivity contribution is -0.124. The van der Waals surface area contributed by atoms with E-state index < -0.39 is 5.97 Å². The maximum absolute atomic E-state index is 12.1. The Hall–Kier alpha value is -2.37. The Kier molecular flexibility index (Phi) is 5.36. The van der Waals surface area contributed by atoms with Crippen molar-refractivity contribution in [1.82, 2.24) is 5.32 Å². The minimum absolute atomic E-state index is 0.201. The van der Waals surface area contributed by atoms with Crippen LogP contribution in [0.4, 0.5) is 0 Å². The molecule has 3 rings (SSSR count). The molecule has 2 aromatic carbocycles. The van der Waals surface area contributed by atoms with Crippen molar-refractivity contribution in [1.29, 1.82) is 0 Å². The second-order valence-corrected chi connectivity index (χ2v) is 7.09. The lowest BCUT2D eigenvalue weighted by Crippen LogP contribution is -2.31. The van der Waals surface area contributed by atoms with Crippen LogP contribution in [0.25, 0.3) is 10.1 Å². The van der Waals surface area contributed by atoms with E-state index in [4.69, 9.17) is 16.3 Å². The third-order valence-electron chi connectivity index (χ3n) is 3.71. The summed E-state index contributed by atoms with van der Waals surface area (Å²) < 4.78 is 6.12. The molecule has 0 fully saturated rings. The molecule has 0 saturated heterocycles. The molecule has 4 nitrogen and oxygen atoms in total. The predicted octanol–water partition coefficient (Wildman–Crippen LogP) is 4.59. The summed E-state index contributed by atoms with van der Waals surface area (Å²) in [5.41, 5.74) is 0.925. The van der Waals surface area contributed by atoms with Crippen LogP contribution in [0.1, 0.15) is 28.2 Å². The summed E-state index contributed by atoms with van der Waals surface area (Å²) in [4.78, 5) is 24.6. The third kappa shape index (κ3) is 4.38. The molecule has 25 heavy (non-hydrogen) atoms. The number of esters is 1. The van der Waals surface area contributed by atoms with Crippen LogP contribution in [0.5, 0.6) is 0 Å². The van der Waals surface area contributed by atoms with E-state index >= 15 is 0 Å². The van der Waals surface area contributed by atoms with Crippen LogP contribution in [0.2, 0.25) is 5.02 Å². The average molecular weight is 374 g/mol. The summed E-state index contributed by atoms with van der Waals surface area (Å²) in [7, 11) is 0. The zero-order valence-corrected chi connectivity index (χ0v) is 15.1. The van der Waals surface area contributed by atoms with Gasteiger partial charge in [0, 0.05) is 9.72 Å². The molecule has 1 N–H and O–H groups in total. The Labute approximate surface area is 154 Å². The molecule has 0 unspecified atom stereocenters. The van der Waals surface area contributed by atoms with Crippen LogP contribution >= 0.6 is 22.9 Å². The van der Waals surface area contributed by atoms with E-state index in [1.807, 2.05) is 43.3 Å². The van der Waals surface area contributed by atoms with Gasteiger partial charge < -0.3 is 10.1 Å². The second-order valence-electron chi connectivity index (χ2n) is 5.57. The smallest absolute Gasteiger partial charge is 0.348 e. The highest BCUT2D eigenvalue weighted by atomic mass is 35.5. The Balaban J connectivity index is 1.54. The Morgan fingerprint density at radius 1 is 1.16 bits per heavy atom. The number of carbonyl (C=O) groups excluding carboxylic acids is 2. The summed E-state index contributed by atoms with van der Waals surface area (Å²) in [5, 5.41) is 4.42. The molecule has 1 heterocycles. The SMILES string of the molecule is C[C@@H](NC(=O)COC(=O)c1cc2ccccc2s1)c1ccc(Cl)cc1. The van der Waals surface area contributed by atoms with Gasteiger partial charge in [0.15, 0.2) is 6.61 Å². The highest BCUT2D eigenvalue weighted by molar-refractivity contribution is 7.20. The van der Waals surface area contributed by atoms with Crippen molar-refractivity contribution in [3.05, 3.63) is 70.1 Å². The molecule has 0 aliphatic rings. The molecular weight excluding hydrogens is 358 g/mol. The van der Waals surface area contributed by atoms with E-state index in [0.29, 0.717) is 9.90 Å². The highest BCUT2D eigenvalue weighted by Crippen LogP contribution is 2.25. The standard InChI is InChI=1S/C19H16ClNO3S/c1-12(13-6-8-15(20)9-7-13)21-18(22)11-24-19(23)17-10-14-4-2-3-5-16(14)25-17/h2-10,12H,11H2,1H3,(H,21,22)/t12-/m1/s1. The summed E-state index contributed by atoms with van der Waals surface area (Å²) in [5.74, 6) is -0.840. The first kappa shape index (κ1) is 17.5. The number of thiophene rings is 1. The first-order valence-electron chi connectivity index (χ1n) is 7.73. The topological polar surface area (TPSA) is 55.4 Å². The Morgan fingerprint density at radius 3 is 2.60 bits per heavy atom. The lowest BCUT2D eigenvalue weighted by Gasteiger charge is -2.14. The number of nitrogens with one attached hydrogen (secondary N) is 1. The molecule has 1 atom stereocenters. The fourth-order valence-corrected chi connectivity index (χ4v) is 3.49. The summed E-state index contributed by atoms with van der Waals surface area (Å²) >= 11 is 7.20. The molecule has 0 saturated carbocycles. The molecule has 0 spiro atoms. The van der Waals surface area contributed by atoms with Gasteiger partial charge in [0.1, 0.15) is 4.88 Å². The number of rotatable bonds is 5. The average Bonchev–Trinajstić information content (AvgIpc) is 3.04. The van der Waals surface area contributed by atoms with Gasteiger partial charge in [0.25, 0.3) is 5.91 Å². The van der Waals surface area contributed by atoms with Crippen LogP contribution in [-0.4, -0.2) is 18.5 Å². The molecule has 128 valence electrons. The zero-order chi connectivity index (χ0) is 17.8. The molecular formula is C19H16ClNO3S. The van der Waals surface area contributed by atoms with E-state index in [2.05, 4.69) is 5.32 Å². The first-order chi connectivity index (χ1) is 12.0. The van der Waals surface area contributed by atoms with E-state index in [1.54, 1.807) is 18.2 Å². The van der Waals surface area contributed by atoms with E-state index in [1.165, 1.54) is 11.3 Å². The minimum Gasteiger partial charge on any atom is -0.451 e. The van der Waals surface area contributed by atoms with Gasteiger partial charge in [-0.2, -0.15) is 0 Å². The summed E-state index contributed by atoms with van der Waals surface area (Å²) in [6.07, 6.45) is 0. The molecule has 0 bridgehead atoms. The number of carbonyl (C=O) groups is 2. The number of hydrogen-bond acceptors (Lipinski definition) is 4. The Morgan fingerprint density at radius 2 is 1.88 bits per heavy atom. The molecule has 0 aliphatic heterocycles. The lowest BCUT2D eigenvalue weighted by atomic mass is 10.1. The maximum atomic E-state index is 12.1. The maximum Gasteiger partial charge on any atom is 0.348 e. The van der Waals surface area contributed by atoms with Crippen molar-refractivity contribution in [2.24, 2.45) is 0 Å². The fourth-order valence-electron chi connectivity index (χ4n) is 2.40. The van der Waals surface area contributed by atoms with Crippen molar-refractivity contribution >= 4 is 44.9 Å². The van der Waals surface area contributed by atoms with Gasteiger partial charge in [-0.05, 0) is 42.1 Å². The van der Waals surface area contributed by atoms with Crippen molar-refractivity contribution in [2.75, 3.05) is 6.61 Å². The quantitative estimate of drug-likeness (QED) is 0.665. The zero-order valence-electron chi connectivity index (χ0n) is 13.5. The first-order valence-corrected chi connectivity index (χ1v) is 8.93. The van der Waals surface area contributed by atoms with Gasteiger partial charge in [-0.15, -0.1) is 11.3 Å². The van der Waals surface area contributed by atoms with Gasteiger partial charge in [0.05, 0.1) is 6.04 Å². The van der Waals surface area contributed by atoms with Crippen LogP contribution in [-0.2, 0) is 9.53 Å². The predicted molar refractivity (Wildman–Crippen MR) is 100 cm³/mol.